The molecule has 0 atom stereocenters. The van der Waals surface area contributed by atoms with Crippen molar-refractivity contribution in [2.24, 2.45) is 0 Å². The van der Waals surface area contributed by atoms with Gasteiger partial charge in [0.2, 0.25) is 11.8 Å². The standard InChI is InChI=1S/C27H22N2O2/c1-17-7-9-19(10-8-17)20-11-13-21(14-12-20)26(28)31-27(29)25-16-15-22(18(2)30)23-5-3-4-6-24(23)25/h3-16,28-29H,1-2H3. The van der Waals surface area contributed by atoms with E-state index >= 15 is 0 Å². The fourth-order valence-corrected chi connectivity index (χ4v) is 3.58. The summed E-state index contributed by atoms with van der Waals surface area (Å²) in [6.45, 7) is 3.58. The maximum Gasteiger partial charge on any atom is 0.221 e. The molecule has 4 rings (SSSR count). The Labute approximate surface area is 181 Å². The van der Waals surface area contributed by atoms with Crippen molar-refractivity contribution in [3.8, 4) is 11.1 Å². The van der Waals surface area contributed by atoms with Crippen LogP contribution in [0.1, 0.15) is 34.0 Å². The van der Waals surface area contributed by atoms with Crippen LogP contribution in [0.25, 0.3) is 21.9 Å². The fourth-order valence-electron chi connectivity index (χ4n) is 3.58. The Hall–Kier alpha value is -4.05. The molecule has 4 aromatic rings. The molecule has 0 aliphatic carbocycles. The van der Waals surface area contributed by atoms with E-state index in [1.54, 1.807) is 12.1 Å². The van der Waals surface area contributed by atoms with Gasteiger partial charge in [-0.3, -0.25) is 15.6 Å². The summed E-state index contributed by atoms with van der Waals surface area (Å²) in [5.74, 6) is -0.254. The Kier molecular flexibility index (Phi) is 5.46. The van der Waals surface area contributed by atoms with Crippen molar-refractivity contribution >= 4 is 28.4 Å². The summed E-state index contributed by atoms with van der Waals surface area (Å²) in [4.78, 5) is 11.9. The fraction of sp³-hybridized carbons (Fsp3) is 0.0741. The van der Waals surface area contributed by atoms with Crippen molar-refractivity contribution in [3.05, 3.63) is 107 Å². The van der Waals surface area contributed by atoms with Gasteiger partial charge in [0.25, 0.3) is 0 Å². The van der Waals surface area contributed by atoms with Gasteiger partial charge in [0.05, 0.1) is 0 Å². The van der Waals surface area contributed by atoms with E-state index in [-0.39, 0.29) is 17.6 Å². The minimum Gasteiger partial charge on any atom is -0.421 e. The number of hydrogen-bond acceptors (Lipinski definition) is 4. The van der Waals surface area contributed by atoms with Crippen LogP contribution in [-0.4, -0.2) is 17.6 Å². The van der Waals surface area contributed by atoms with Gasteiger partial charge in [0, 0.05) is 16.7 Å². The van der Waals surface area contributed by atoms with E-state index in [0.29, 0.717) is 16.7 Å². The molecule has 0 amide bonds. The molecule has 0 bridgehead atoms. The zero-order valence-electron chi connectivity index (χ0n) is 17.4. The number of hydrogen-bond donors (Lipinski definition) is 2. The Morgan fingerprint density at radius 3 is 1.77 bits per heavy atom. The van der Waals surface area contributed by atoms with Crippen LogP contribution in [0, 0.1) is 17.7 Å². The van der Waals surface area contributed by atoms with E-state index in [4.69, 9.17) is 15.6 Å². The van der Waals surface area contributed by atoms with Gasteiger partial charge in [0.15, 0.2) is 5.78 Å². The monoisotopic (exact) mass is 406 g/mol. The van der Waals surface area contributed by atoms with Gasteiger partial charge in [-0.05, 0) is 60.0 Å². The molecule has 0 radical (unpaired) electrons. The molecular weight excluding hydrogens is 384 g/mol. The Morgan fingerprint density at radius 1 is 0.677 bits per heavy atom. The summed E-state index contributed by atoms with van der Waals surface area (Å²) < 4.78 is 5.57. The lowest BCUT2D eigenvalue weighted by atomic mass is 9.97. The van der Waals surface area contributed by atoms with Crippen LogP contribution in [0.5, 0.6) is 0 Å². The number of benzene rings is 4. The lowest BCUT2D eigenvalue weighted by Gasteiger charge is -2.12. The van der Waals surface area contributed by atoms with Crippen molar-refractivity contribution in [1.29, 1.82) is 10.8 Å². The normalized spacial score (nSPS) is 10.6. The second-order valence-corrected chi connectivity index (χ2v) is 7.47. The first-order valence-corrected chi connectivity index (χ1v) is 9.99. The molecule has 4 aromatic carbocycles. The molecule has 0 saturated carbocycles. The molecule has 2 N–H and O–H groups in total. The van der Waals surface area contributed by atoms with Gasteiger partial charge in [-0.15, -0.1) is 0 Å². The molecule has 4 nitrogen and oxygen atoms in total. The molecule has 152 valence electrons. The highest BCUT2D eigenvalue weighted by Crippen LogP contribution is 2.25. The summed E-state index contributed by atoms with van der Waals surface area (Å²) in [5.41, 5.74) is 5.10. The quantitative estimate of drug-likeness (QED) is 0.234. The molecule has 0 fully saturated rings. The summed E-state index contributed by atoms with van der Waals surface area (Å²) in [5, 5.41) is 18.3. The van der Waals surface area contributed by atoms with Crippen LogP contribution in [0.2, 0.25) is 0 Å². The molecule has 0 aromatic heterocycles. The first-order chi connectivity index (χ1) is 14.9. The third kappa shape index (κ3) is 4.14. The van der Waals surface area contributed by atoms with Gasteiger partial charge in [-0.25, -0.2) is 0 Å². The third-order valence-electron chi connectivity index (χ3n) is 5.28. The zero-order valence-corrected chi connectivity index (χ0v) is 17.4. The Balaban J connectivity index is 1.56. The highest BCUT2D eigenvalue weighted by atomic mass is 16.5. The Bertz CT molecular complexity index is 1300. The van der Waals surface area contributed by atoms with Crippen LogP contribution in [0.3, 0.4) is 0 Å². The van der Waals surface area contributed by atoms with E-state index in [0.717, 1.165) is 21.9 Å². The SMILES string of the molecule is CC(=O)c1ccc(C(=N)OC(=N)c2ccc(-c3ccc(C)cc3)cc2)c2ccccc12. The number of carbonyl (C=O) groups is 1. The Morgan fingerprint density at radius 2 is 1.19 bits per heavy atom. The van der Waals surface area contributed by atoms with Gasteiger partial charge >= 0.3 is 0 Å². The van der Waals surface area contributed by atoms with E-state index < -0.39 is 0 Å². The highest BCUT2D eigenvalue weighted by Gasteiger charge is 2.15. The van der Waals surface area contributed by atoms with Crippen LogP contribution in [0.4, 0.5) is 0 Å². The highest BCUT2D eigenvalue weighted by molar-refractivity contribution is 6.15. The minimum atomic E-state index is -0.126. The van der Waals surface area contributed by atoms with Crippen LogP contribution >= 0.6 is 0 Å². The molecule has 0 aliphatic heterocycles. The number of rotatable bonds is 4. The van der Waals surface area contributed by atoms with E-state index in [2.05, 4.69) is 31.2 Å². The lowest BCUT2D eigenvalue weighted by molar-refractivity contribution is 0.101. The molecule has 0 aliphatic rings. The van der Waals surface area contributed by atoms with Crippen molar-refractivity contribution in [1.82, 2.24) is 0 Å². The number of fused-ring (bicyclic) bond motifs is 1. The van der Waals surface area contributed by atoms with E-state index in [9.17, 15) is 4.79 Å². The number of carbonyl (C=O) groups excluding carboxylic acids is 1. The molecule has 4 heteroatoms. The predicted molar refractivity (Wildman–Crippen MR) is 125 cm³/mol. The number of Topliss-reactive ketones (excluding diaryl/α,β-unsaturated/α-hetero) is 1. The largest absolute Gasteiger partial charge is 0.421 e. The molecule has 0 heterocycles. The molecule has 0 unspecified atom stereocenters. The smallest absolute Gasteiger partial charge is 0.221 e. The molecular formula is C27H22N2O2. The van der Waals surface area contributed by atoms with Crippen molar-refractivity contribution in [3.63, 3.8) is 0 Å². The number of aryl methyl sites for hydroxylation is 1. The van der Waals surface area contributed by atoms with Gasteiger partial charge in [-0.1, -0.05) is 66.2 Å². The summed E-state index contributed by atoms with van der Waals surface area (Å²) in [6, 6.07) is 26.6. The second kappa shape index (κ2) is 8.36. The molecule has 31 heavy (non-hydrogen) atoms. The van der Waals surface area contributed by atoms with Gasteiger partial charge < -0.3 is 4.74 Å². The topological polar surface area (TPSA) is 74.0 Å². The van der Waals surface area contributed by atoms with Crippen LogP contribution < -0.4 is 0 Å². The molecule has 0 saturated heterocycles. The number of nitrogens with one attached hydrogen (secondary N) is 2. The van der Waals surface area contributed by atoms with Gasteiger partial charge in [0.1, 0.15) is 0 Å². The maximum absolute atomic E-state index is 11.9. The average Bonchev–Trinajstić information content (AvgIpc) is 2.78. The number of ketones is 1. The lowest BCUT2D eigenvalue weighted by Crippen LogP contribution is -2.13. The van der Waals surface area contributed by atoms with E-state index in [1.165, 1.54) is 12.5 Å². The van der Waals surface area contributed by atoms with Crippen LogP contribution in [0.15, 0.2) is 84.9 Å². The second-order valence-electron chi connectivity index (χ2n) is 7.47. The first kappa shape index (κ1) is 20.2. The predicted octanol–water partition coefficient (Wildman–Crippen LogP) is 6.39. The van der Waals surface area contributed by atoms with Crippen molar-refractivity contribution in [2.75, 3.05) is 0 Å². The van der Waals surface area contributed by atoms with Crippen molar-refractivity contribution in [2.45, 2.75) is 13.8 Å². The third-order valence-corrected chi connectivity index (χ3v) is 5.28. The molecule has 0 spiro atoms. The van der Waals surface area contributed by atoms with E-state index in [1.807, 2.05) is 48.5 Å². The van der Waals surface area contributed by atoms with Crippen molar-refractivity contribution < 1.29 is 9.53 Å². The summed E-state index contributed by atoms with van der Waals surface area (Å²) in [6.07, 6.45) is 0. The zero-order chi connectivity index (χ0) is 22.0. The number of ether oxygens (including phenoxy) is 1. The maximum atomic E-state index is 11.9. The van der Waals surface area contributed by atoms with Gasteiger partial charge in [-0.2, -0.15) is 0 Å². The first-order valence-electron chi connectivity index (χ1n) is 9.99. The average molecular weight is 406 g/mol. The van der Waals surface area contributed by atoms with Crippen LogP contribution in [-0.2, 0) is 4.74 Å². The minimum absolute atomic E-state index is 0.0309. The summed E-state index contributed by atoms with van der Waals surface area (Å²) in [7, 11) is 0. The summed E-state index contributed by atoms with van der Waals surface area (Å²) >= 11 is 0.